The Morgan fingerprint density at radius 3 is 2.93 bits per heavy atom. The molecule has 1 rings (SSSR count). The number of carbonyl (C=O) groups is 1. The van der Waals surface area contributed by atoms with Gasteiger partial charge in [-0.05, 0) is 14.0 Å². The van der Waals surface area contributed by atoms with Gasteiger partial charge in [-0.15, -0.1) is 0 Å². The van der Waals surface area contributed by atoms with Crippen molar-refractivity contribution in [3.63, 3.8) is 0 Å². The van der Waals surface area contributed by atoms with E-state index in [-0.39, 0.29) is 12.5 Å². The van der Waals surface area contributed by atoms with Crippen LogP contribution in [0.15, 0.2) is 6.33 Å². The number of hydrogen-bond acceptors (Lipinski definition) is 5. The van der Waals surface area contributed by atoms with Gasteiger partial charge in [0.1, 0.15) is 12.2 Å². The Hall–Kier alpha value is -1.43. The first-order valence-corrected chi connectivity index (χ1v) is 4.80. The number of nitrogens with zero attached hydrogens (tertiary/aromatic N) is 4. The van der Waals surface area contributed by atoms with Crippen molar-refractivity contribution in [1.29, 1.82) is 0 Å². The average molecular weight is 212 g/mol. The smallest absolute Gasteiger partial charge is 0.320 e. The first-order chi connectivity index (χ1) is 7.13. The van der Waals surface area contributed by atoms with Gasteiger partial charge in [0.05, 0.1) is 19.7 Å². The minimum atomic E-state index is -0.220. The molecular formula is C9H16N4O2. The number of aryl methyl sites for hydroxylation is 1. The van der Waals surface area contributed by atoms with Crippen LogP contribution in [0.3, 0.4) is 0 Å². The molecule has 15 heavy (non-hydrogen) atoms. The molecule has 0 radical (unpaired) electrons. The van der Waals surface area contributed by atoms with E-state index in [0.29, 0.717) is 13.2 Å². The van der Waals surface area contributed by atoms with E-state index < -0.39 is 0 Å². The fraction of sp³-hybridized carbons (Fsp3) is 0.667. The third kappa shape index (κ3) is 3.67. The number of hydrogen-bond donors (Lipinski definition) is 0. The van der Waals surface area contributed by atoms with Crippen LogP contribution in [-0.4, -0.2) is 45.8 Å². The molecule has 0 N–H and O–H groups in total. The summed E-state index contributed by atoms with van der Waals surface area (Å²) in [6.45, 7) is 3.05. The molecule has 0 aromatic carbocycles. The Labute approximate surface area is 88.8 Å². The van der Waals surface area contributed by atoms with Gasteiger partial charge in [-0.2, -0.15) is 5.10 Å². The van der Waals surface area contributed by atoms with Crippen molar-refractivity contribution < 1.29 is 9.53 Å². The molecular weight excluding hydrogens is 196 g/mol. The zero-order valence-corrected chi connectivity index (χ0v) is 9.30. The van der Waals surface area contributed by atoms with Crippen molar-refractivity contribution in [2.24, 2.45) is 7.05 Å². The zero-order valence-electron chi connectivity index (χ0n) is 9.30. The third-order valence-corrected chi connectivity index (χ3v) is 1.92. The molecule has 0 aliphatic heterocycles. The lowest BCUT2D eigenvalue weighted by Gasteiger charge is -2.14. The summed E-state index contributed by atoms with van der Waals surface area (Å²) in [6, 6.07) is 0. The summed E-state index contributed by atoms with van der Waals surface area (Å²) in [7, 11) is 3.66. The molecule has 6 nitrogen and oxygen atoms in total. The topological polar surface area (TPSA) is 60.2 Å². The van der Waals surface area contributed by atoms with Gasteiger partial charge in [0.25, 0.3) is 0 Å². The second-order valence-corrected chi connectivity index (χ2v) is 3.28. The number of esters is 1. The molecule has 1 aromatic rings. The number of carbonyl (C=O) groups excluding carboxylic acids is 1. The standard InChI is InChI=1S/C9H16N4O2/c1-4-15-9(14)6-12(2)5-8-10-7-11-13(8)3/h7H,4-6H2,1-3H3. The Morgan fingerprint density at radius 2 is 2.40 bits per heavy atom. The highest BCUT2D eigenvalue weighted by Crippen LogP contribution is 1.97. The van der Waals surface area contributed by atoms with Crippen molar-refractivity contribution in [3.05, 3.63) is 12.2 Å². The molecule has 1 heterocycles. The van der Waals surface area contributed by atoms with Crippen molar-refractivity contribution in [2.45, 2.75) is 13.5 Å². The van der Waals surface area contributed by atoms with E-state index in [4.69, 9.17) is 4.74 Å². The monoisotopic (exact) mass is 212 g/mol. The SMILES string of the molecule is CCOC(=O)CN(C)Cc1ncnn1C. The lowest BCUT2D eigenvalue weighted by atomic mass is 10.5. The van der Waals surface area contributed by atoms with Crippen LogP contribution in [0.1, 0.15) is 12.7 Å². The van der Waals surface area contributed by atoms with Gasteiger partial charge in [0.15, 0.2) is 0 Å². The van der Waals surface area contributed by atoms with Crippen LogP contribution in [-0.2, 0) is 23.1 Å². The molecule has 0 unspecified atom stereocenters. The van der Waals surface area contributed by atoms with E-state index in [1.807, 2.05) is 19.0 Å². The number of rotatable bonds is 5. The first kappa shape index (κ1) is 11.6. The summed E-state index contributed by atoms with van der Waals surface area (Å²) in [5.74, 6) is 0.601. The number of aromatic nitrogens is 3. The van der Waals surface area contributed by atoms with Gasteiger partial charge in [-0.3, -0.25) is 14.4 Å². The maximum atomic E-state index is 11.2. The van der Waals surface area contributed by atoms with E-state index in [1.54, 1.807) is 11.6 Å². The normalized spacial score (nSPS) is 10.7. The van der Waals surface area contributed by atoms with Gasteiger partial charge in [-0.25, -0.2) is 4.98 Å². The van der Waals surface area contributed by atoms with Gasteiger partial charge in [-0.1, -0.05) is 0 Å². The van der Waals surface area contributed by atoms with E-state index in [0.717, 1.165) is 5.82 Å². The van der Waals surface area contributed by atoms with Crippen LogP contribution < -0.4 is 0 Å². The summed E-state index contributed by atoms with van der Waals surface area (Å²) in [5.41, 5.74) is 0. The Balaban J connectivity index is 2.39. The van der Waals surface area contributed by atoms with Gasteiger partial charge >= 0.3 is 5.97 Å². The molecule has 0 atom stereocenters. The molecule has 0 aliphatic rings. The van der Waals surface area contributed by atoms with Crippen LogP contribution in [0.2, 0.25) is 0 Å². The van der Waals surface area contributed by atoms with E-state index in [2.05, 4.69) is 10.1 Å². The van der Waals surface area contributed by atoms with Gasteiger partial charge in [0.2, 0.25) is 0 Å². The van der Waals surface area contributed by atoms with Crippen LogP contribution >= 0.6 is 0 Å². The molecule has 0 aliphatic carbocycles. The van der Waals surface area contributed by atoms with Crippen LogP contribution in [0.25, 0.3) is 0 Å². The predicted molar refractivity (Wildman–Crippen MR) is 54.0 cm³/mol. The fourth-order valence-electron chi connectivity index (χ4n) is 1.19. The van der Waals surface area contributed by atoms with Gasteiger partial charge < -0.3 is 4.74 Å². The highest BCUT2D eigenvalue weighted by Gasteiger charge is 2.09. The minimum Gasteiger partial charge on any atom is -0.465 e. The summed E-state index contributed by atoms with van der Waals surface area (Å²) < 4.78 is 6.52. The number of ether oxygens (including phenoxy) is 1. The summed E-state index contributed by atoms with van der Waals surface area (Å²) in [6.07, 6.45) is 1.49. The highest BCUT2D eigenvalue weighted by molar-refractivity contribution is 5.71. The van der Waals surface area contributed by atoms with Crippen LogP contribution in [0, 0.1) is 0 Å². The maximum absolute atomic E-state index is 11.2. The Kier molecular flexibility index (Phi) is 4.23. The first-order valence-electron chi connectivity index (χ1n) is 4.80. The number of likely N-dealkylation sites (N-methyl/N-ethyl adjacent to an activating group) is 1. The third-order valence-electron chi connectivity index (χ3n) is 1.92. The zero-order chi connectivity index (χ0) is 11.3. The molecule has 0 fully saturated rings. The summed E-state index contributed by atoms with van der Waals surface area (Å²) in [5, 5.41) is 3.95. The van der Waals surface area contributed by atoms with Gasteiger partial charge in [0, 0.05) is 7.05 Å². The van der Waals surface area contributed by atoms with E-state index in [9.17, 15) is 4.79 Å². The molecule has 0 spiro atoms. The fourth-order valence-corrected chi connectivity index (χ4v) is 1.19. The van der Waals surface area contributed by atoms with E-state index >= 15 is 0 Å². The lowest BCUT2D eigenvalue weighted by Crippen LogP contribution is -2.28. The minimum absolute atomic E-state index is 0.220. The molecule has 84 valence electrons. The second kappa shape index (κ2) is 5.45. The predicted octanol–water partition coefficient (Wildman–Crippen LogP) is -0.190. The Morgan fingerprint density at radius 1 is 1.67 bits per heavy atom. The molecule has 0 saturated carbocycles. The van der Waals surface area contributed by atoms with Crippen molar-refractivity contribution in [1.82, 2.24) is 19.7 Å². The molecule has 1 aromatic heterocycles. The maximum Gasteiger partial charge on any atom is 0.320 e. The van der Waals surface area contributed by atoms with Crippen LogP contribution in [0.4, 0.5) is 0 Å². The summed E-state index contributed by atoms with van der Waals surface area (Å²) >= 11 is 0. The molecule has 0 amide bonds. The second-order valence-electron chi connectivity index (χ2n) is 3.28. The van der Waals surface area contributed by atoms with E-state index in [1.165, 1.54) is 6.33 Å². The quantitative estimate of drug-likeness (QED) is 0.633. The highest BCUT2D eigenvalue weighted by atomic mass is 16.5. The average Bonchev–Trinajstić information content (AvgIpc) is 2.52. The van der Waals surface area contributed by atoms with Crippen molar-refractivity contribution >= 4 is 5.97 Å². The largest absolute Gasteiger partial charge is 0.465 e. The lowest BCUT2D eigenvalue weighted by molar-refractivity contribution is -0.144. The Bertz CT molecular complexity index is 324. The van der Waals surface area contributed by atoms with Crippen molar-refractivity contribution in [2.75, 3.05) is 20.2 Å². The molecule has 0 saturated heterocycles. The molecule has 6 heteroatoms. The van der Waals surface area contributed by atoms with Crippen molar-refractivity contribution in [3.8, 4) is 0 Å². The van der Waals surface area contributed by atoms with Crippen LogP contribution in [0.5, 0.6) is 0 Å². The summed E-state index contributed by atoms with van der Waals surface area (Å²) in [4.78, 5) is 17.1. The molecule has 0 bridgehead atoms.